The molecule has 4 heteroatoms. The molecule has 3 aliphatic rings. The van der Waals surface area contributed by atoms with E-state index >= 15 is 0 Å². The number of benzene rings is 1. The minimum absolute atomic E-state index is 0.0193. The van der Waals surface area contributed by atoms with Gasteiger partial charge in [0.05, 0.1) is 30.8 Å². The number of aliphatic hydroxyl groups excluding tert-OH is 1. The van der Waals surface area contributed by atoms with Crippen molar-refractivity contribution in [3.05, 3.63) is 47.5 Å². The van der Waals surface area contributed by atoms with Crippen molar-refractivity contribution in [1.82, 2.24) is 4.90 Å². The number of hydrogen-bond acceptors (Lipinski definition) is 3. The minimum Gasteiger partial charge on any atom is -0.396 e. The van der Waals surface area contributed by atoms with Crippen molar-refractivity contribution in [3.63, 3.8) is 0 Å². The van der Waals surface area contributed by atoms with Gasteiger partial charge in [-0.15, -0.1) is 0 Å². The van der Waals surface area contributed by atoms with Gasteiger partial charge in [-0.25, -0.2) is 0 Å². The Kier molecular flexibility index (Phi) is 4.44. The molecule has 3 aliphatic heterocycles. The molecule has 3 fully saturated rings. The van der Waals surface area contributed by atoms with Crippen molar-refractivity contribution in [2.75, 3.05) is 13.2 Å². The maximum absolute atomic E-state index is 13.4. The molecular formula is C22H29NO3. The highest BCUT2D eigenvalue weighted by Crippen LogP contribution is 2.63. The molecule has 0 unspecified atom stereocenters. The van der Waals surface area contributed by atoms with E-state index in [1.165, 1.54) is 5.57 Å². The van der Waals surface area contributed by atoms with Crippen molar-refractivity contribution < 1.29 is 14.6 Å². The summed E-state index contributed by atoms with van der Waals surface area (Å²) in [6.45, 7) is 5.50. The van der Waals surface area contributed by atoms with Crippen LogP contribution in [0.5, 0.6) is 0 Å². The van der Waals surface area contributed by atoms with Gasteiger partial charge in [0.15, 0.2) is 0 Å². The Morgan fingerprint density at radius 1 is 1.35 bits per heavy atom. The van der Waals surface area contributed by atoms with Crippen LogP contribution >= 0.6 is 0 Å². The Bertz CT molecular complexity index is 711. The molecular weight excluding hydrogens is 326 g/mol. The van der Waals surface area contributed by atoms with Crippen molar-refractivity contribution in [2.24, 2.45) is 11.3 Å². The highest BCUT2D eigenvalue weighted by Gasteiger charge is 2.72. The number of nitrogens with zero attached hydrogens (tertiary/aromatic N) is 1. The van der Waals surface area contributed by atoms with Crippen molar-refractivity contribution in [2.45, 2.75) is 57.8 Å². The fourth-order valence-electron chi connectivity index (χ4n) is 5.51. The summed E-state index contributed by atoms with van der Waals surface area (Å²) >= 11 is 0. The number of hydrogen-bond donors (Lipinski definition) is 1. The van der Waals surface area contributed by atoms with Gasteiger partial charge in [0, 0.05) is 12.0 Å². The van der Waals surface area contributed by atoms with Crippen LogP contribution in [0.1, 0.15) is 45.1 Å². The predicted octanol–water partition coefficient (Wildman–Crippen LogP) is 3.30. The normalized spacial score (nSPS) is 35.0. The molecule has 3 heterocycles. The molecule has 1 spiro atoms. The topological polar surface area (TPSA) is 49.8 Å². The van der Waals surface area contributed by atoms with Gasteiger partial charge in [-0.3, -0.25) is 4.79 Å². The van der Waals surface area contributed by atoms with E-state index in [4.69, 9.17) is 4.74 Å². The van der Waals surface area contributed by atoms with Gasteiger partial charge in [-0.05, 0) is 45.1 Å². The summed E-state index contributed by atoms with van der Waals surface area (Å²) in [4.78, 5) is 15.3. The smallest absolute Gasteiger partial charge is 0.229 e. The molecule has 0 saturated carbocycles. The molecule has 1 N–H and O–H groups in total. The van der Waals surface area contributed by atoms with Gasteiger partial charge in [0.1, 0.15) is 0 Å². The van der Waals surface area contributed by atoms with E-state index in [1.807, 2.05) is 23.1 Å². The van der Waals surface area contributed by atoms with Crippen molar-refractivity contribution >= 4 is 5.91 Å². The average Bonchev–Trinajstić information content (AvgIpc) is 3.24. The average molecular weight is 355 g/mol. The maximum Gasteiger partial charge on any atom is 0.229 e. The zero-order valence-electron chi connectivity index (χ0n) is 15.8. The lowest BCUT2D eigenvalue weighted by atomic mass is 9.61. The standard InChI is InChI=1S/C22H29NO3/c1-16(2)7-6-11-21(15-24)18-10-12-22(26-18)14-23(20(25)19(21)22)13-17-8-4-3-5-9-17/h3-5,7-9,18-19,24H,6,10-15H2,1-2H3/t18-,19-,21-,22-/m1/s1. The van der Waals surface area contributed by atoms with Crippen LogP contribution in [0.25, 0.3) is 0 Å². The first-order valence-electron chi connectivity index (χ1n) is 9.75. The molecule has 4 rings (SSSR count). The van der Waals surface area contributed by atoms with E-state index < -0.39 is 5.41 Å². The highest BCUT2D eigenvalue weighted by molar-refractivity contribution is 5.85. The number of carbonyl (C=O) groups is 1. The van der Waals surface area contributed by atoms with Gasteiger partial charge in [-0.1, -0.05) is 42.0 Å². The Morgan fingerprint density at radius 3 is 2.81 bits per heavy atom. The summed E-state index contributed by atoms with van der Waals surface area (Å²) in [6, 6.07) is 10.1. The lowest BCUT2D eigenvalue weighted by molar-refractivity contribution is -0.137. The molecule has 140 valence electrons. The summed E-state index contributed by atoms with van der Waals surface area (Å²) in [6.07, 6.45) is 5.82. The number of allylic oxidation sites excluding steroid dienone is 2. The van der Waals surface area contributed by atoms with E-state index in [9.17, 15) is 9.90 Å². The number of aliphatic hydroxyl groups is 1. The molecule has 4 atom stereocenters. The second-order valence-electron chi connectivity index (χ2n) is 8.53. The highest BCUT2D eigenvalue weighted by atomic mass is 16.5. The van der Waals surface area contributed by atoms with E-state index in [0.29, 0.717) is 13.1 Å². The van der Waals surface area contributed by atoms with Crippen LogP contribution in [0.15, 0.2) is 42.0 Å². The zero-order chi connectivity index (χ0) is 18.4. The molecule has 1 aromatic rings. The summed E-state index contributed by atoms with van der Waals surface area (Å²) in [7, 11) is 0. The number of carbonyl (C=O) groups excluding carboxylic acids is 1. The summed E-state index contributed by atoms with van der Waals surface area (Å²) in [5.41, 5.74) is 1.61. The largest absolute Gasteiger partial charge is 0.396 e. The second-order valence-corrected chi connectivity index (χ2v) is 8.53. The third kappa shape index (κ3) is 2.62. The molecule has 1 aromatic carbocycles. The third-order valence-corrected chi connectivity index (χ3v) is 6.64. The van der Waals surface area contributed by atoms with Gasteiger partial charge >= 0.3 is 0 Å². The first-order chi connectivity index (χ1) is 12.5. The Hall–Kier alpha value is -1.65. The number of amides is 1. The summed E-state index contributed by atoms with van der Waals surface area (Å²) in [5.74, 6) is -0.0321. The van der Waals surface area contributed by atoms with Gasteiger partial charge in [-0.2, -0.15) is 0 Å². The summed E-state index contributed by atoms with van der Waals surface area (Å²) in [5, 5.41) is 10.4. The zero-order valence-corrected chi connectivity index (χ0v) is 15.8. The van der Waals surface area contributed by atoms with Crippen LogP contribution in [-0.2, 0) is 16.1 Å². The number of likely N-dealkylation sites (tertiary alicyclic amines) is 1. The molecule has 0 aromatic heterocycles. The lowest BCUT2D eigenvalue weighted by Crippen LogP contribution is -2.49. The molecule has 0 aliphatic carbocycles. The lowest BCUT2D eigenvalue weighted by Gasteiger charge is -2.39. The van der Waals surface area contributed by atoms with Gasteiger partial charge in [0.2, 0.25) is 5.91 Å². The van der Waals surface area contributed by atoms with Crippen LogP contribution in [0, 0.1) is 11.3 Å². The predicted molar refractivity (Wildman–Crippen MR) is 100 cm³/mol. The molecule has 3 saturated heterocycles. The Labute approximate surface area is 155 Å². The van der Waals surface area contributed by atoms with Crippen LogP contribution in [0.2, 0.25) is 0 Å². The molecule has 1 amide bonds. The minimum atomic E-state index is -0.424. The molecule has 4 nitrogen and oxygen atoms in total. The summed E-state index contributed by atoms with van der Waals surface area (Å²) < 4.78 is 6.44. The third-order valence-electron chi connectivity index (χ3n) is 6.64. The number of ether oxygens (including phenoxy) is 1. The first kappa shape index (κ1) is 17.7. The van der Waals surface area contributed by atoms with E-state index in [0.717, 1.165) is 31.2 Å². The Morgan fingerprint density at radius 2 is 2.12 bits per heavy atom. The van der Waals surface area contributed by atoms with E-state index in [2.05, 4.69) is 32.1 Å². The van der Waals surface area contributed by atoms with Crippen LogP contribution in [0.3, 0.4) is 0 Å². The quantitative estimate of drug-likeness (QED) is 0.797. The van der Waals surface area contributed by atoms with E-state index in [-0.39, 0.29) is 30.1 Å². The molecule has 0 radical (unpaired) electrons. The van der Waals surface area contributed by atoms with Crippen LogP contribution in [-0.4, -0.2) is 40.8 Å². The van der Waals surface area contributed by atoms with Crippen molar-refractivity contribution in [3.8, 4) is 0 Å². The van der Waals surface area contributed by atoms with Crippen LogP contribution < -0.4 is 0 Å². The maximum atomic E-state index is 13.4. The van der Waals surface area contributed by atoms with Gasteiger partial charge < -0.3 is 14.7 Å². The second kappa shape index (κ2) is 6.50. The first-order valence-corrected chi connectivity index (χ1v) is 9.75. The fraction of sp³-hybridized carbons (Fsp3) is 0.591. The molecule has 26 heavy (non-hydrogen) atoms. The Balaban J connectivity index is 1.60. The number of fused-ring (bicyclic) bond motifs is 1. The fourth-order valence-corrected chi connectivity index (χ4v) is 5.51. The SMILES string of the molecule is CC(C)=CCC[C@@]1(CO)[C@H]2CC[C@]3(CN(Cc4ccccc4)C(=O)[C@@H]31)O2. The van der Waals surface area contributed by atoms with Crippen LogP contribution in [0.4, 0.5) is 0 Å². The van der Waals surface area contributed by atoms with Gasteiger partial charge in [0.25, 0.3) is 0 Å². The monoisotopic (exact) mass is 355 g/mol. The van der Waals surface area contributed by atoms with E-state index in [1.54, 1.807) is 0 Å². The number of rotatable bonds is 6. The van der Waals surface area contributed by atoms with Crippen molar-refractivity contribution in [1.29, 1.82) is 0 Å². The molecule has 2 bridgehead atoms.